The van der Waals surface area contributed by atoms with E-state index in [4.69, 9.17) is 9.63 Å². The van der Waals surface area contributed by atoms with Crippen LogP contribution in [0.2, 0.25) is 0 Å². The normalized spacial score (nSPS) is 19.6. The highest BCUT2D eigenvalue weighted by molar-refractivity contribution is 4.97. The predicted octanol–water partition coefficient (Wildman–Crippen LogP) is 0.761. The molecule has 1 fully saturated rings. The van der Waals surface area contributed by atoms with Crippen LogP contribution in [0.1, 0.15) is 37.4 Å². The van der Waals surface area contributed by atoms with Crippen molar-refractivity contribution in [3.63, 3.8) is 0 Å². The van der Waals surface area contributed by atoms with Crippen LogP contribution < -0.4 is 0 Å². The minimum atomic E-state index is -0.166. The Morgan fingerprint density at radius 3 is 2.73 bits per heavy atom. The van der Waals surface area contributed by atoms with Crippen molar-refractivity contribution in [2.24, 2.45) is 0 Å². The molecule has 0 aliphatic carbocycles. The Kier molecular flexibility index (Phi) is 3.33. The topological polar surface area (TPSA) is 62.4 Å². The summed E-state index contributed by atoms with van der Waals surface area (Å²) in [6.07, 6.45) is 2.16. The molecule has 1 aliphatic rings. The van der Waals surface area contributed by atoms with Crippen LogP contribution in [0.4, 0.5) is 0 Å². The van der Waals surface area contributed by atoms with E-state index in [2.05, 4.69) is 22.0 Å². The molecule has 0 aromatic carbocycles. The average Bonchev–Trinajstić information content (AvgIpc) is 2.78. The summed E-state index contributed by atoms with van der Waals surface area (Å²) in [5, 5.41) is 12.7. The van der Waals surface area contributed by atoms with Gasteiger partial charge in [0, 0.05) is 5.92 Å². The van der Waals surface area contributed by atoms with Crippen molar-refractivity contribution in [2.45, 2.75) is 32.3 Å². The van der Waals surface area contributed by atoms with Crippen molar-refractivity contribution in [3.8, 4) is 0 Å². The van der Waals surface area contributed by atoms with E-state index in [1.54, 1.807) is 0 Å². The quantitative estimate of drug-likeness (QED) is 0.799. The molecule has 0 unspecified atom stereocenters. The highest BCUT2D eigenvalue weighted by Crippen LogP contribution is 2.25. The van der Waals surface area contributed by atoms with Gasteiger partial charge in [-0.1, -0.05) is 12.1 Å². The van der Waals surface area contributed by atoms with Gasteiger partial charge >= 0.3 is 0 Å². The third-order valence-corrected chi connectivity index (χ3v) is 3.02. The second kappa shape index (κ2) is 4.72. The summed E-state index contributed by atoms with van der Waals surface area (Å²) in [7, 11) is 0. The minimum absolute atomic E-state index is 0.166. The second-order valence-electron chi connectivity index (χ2n) is 3.91. The summed E-state index contributed by atoms with van der Waals surface area (Å²) >= 11 is 0. The first-order chi connectivity index (χ1) is 7.33. The monoisotopic (exact) mass is 211 g/mol. The van der Waals surface area contributed by atoms with Gasteiger partial charge in [-0.25, -0.2) is 0 Å². The number of hydrogen-bond donors (Lipinski definition) is 1. The molecule has 1 N–H and O–H groups in total. The zero-order valence-electron chi connectivity index (χ0n) is 9.02. The van der Waals surface area contributed by atoms with Crippen molar-refractivity contribution in [1.82, 2.24) is 15.0 Å². The van der Waals surface area contributed by atoms with E-state index < -0.39 is 0 Å². The van der Waals surface area contributed by atoms with E-state index in [-0.39, 0.29) is 6.61 Å². The highest BCUT2D eigenvalue weighted by Gasteiger charge is 2.23. The van der Waals surface area contributed by atoms with Gasteiger partial charge in [0.1, 0.15) is 6.61 Å². The van der Waals surface area contributed by atoms with Crippen molar-refractivity contribution < 1.29 is 9.63 Å². The van der Waals surface area contributed by atoms with Crippen molar-refractivity contribution in [3.05, 3.63) is 11.7 Å². The van der Waals surface area contributed by atoms with E-state index in [1.807, 2.05) is 0 Å². The minimum Gasteiger partial charge on any atom is -0.387 e. The number of nitrogens with zero attached hydrogens (tertiary/aromatic N) is 3. The van der Waals surface area contributed by atoms with Gasteiger partial charge in [0.05, 0.1) is 0 Å². The van der Waals surface area contributed by atoms with Gasteiger partial charge in [0.25, 0.3) is 5.89 Å². The summed E-state index contributed by atoms with van der Waals surface area (Å²) < 4.78 is 4.90. The molecular weight excluding hydrogens is 194 g/mol. The molecule has 0 radical (unpaired) electrons. The Bertz CT molecular complexity index is 305. The molecule has 2 heterocycles. The molecule has 0 atom stereocenters. The van der Waals surface area contributed by atoms with E-state index in [0.29, 0.717) is 11.8 Å². The highest BCUT2D eigenvalue weighted by atomic mass is 16.5. The van der Waals surface area contributed by atoms with Crippen LogP contribution in [-0.2, 0) is 6.61 Å². The Hall–Kier alpha value is -0.940. The smallest absolute Gasteiger partial charge is 0.252 e. The van der Waals surface area contributed by atoms with Gasteiger partial charge in [0.15, 0.2) is 5.82 Å². The van der Waals surface area contributed by atoms with Crippen molar-refractivity contribution in [2.75, 3.05) is 19.6 Å². The van der Waals surface area contributed by atoms with Crippen LogP contribution in [0.5, 0.6) is 0 Å². The third kappa shape index (κ3) is 2.35. The summed E-state index contributed by atoms with van der Waals surface area (Å²) in [4.78, 5) is 6.58. The number of likely N-dealkylation sites (tertiary alicyclic amines) is 1. The maximum absolute atomic E-state index is 8.82. The Labute approximate surface area is 89.1 Å². The van der Waals surface area contributed by atoms with Crippen LogP contribution in [0, 0.1) is 0 Å². The Morgan fingerprint density at radius 1 is 1.47 bits per heavy atom. The van der Waals surface area contributed by atoms with Crippen LogP contribution in [-0.4, -0.2) is 39.8 Å². The fourth-order valence-corrected chi connectivity index (χ4v) is 2.01. The van der Waals surface area contributed by atoms with Crippen LogP contribution in [0.25, 0.3) is 0 Å². The lowest BCUT2D eigenvalue weighted by molar-refractivity contribution is 0.213. The standard InChI is InChI=1S/C10H17N3O2/c1-2-13-5-3-8(4-6-13)10-11-9(7-14)15-12-10/h8,14H,2-7H2,1H3. The van der Waals surface area contributed by atoms with Crippen molar-refractivity contribution >= 4 is 0 Å². The second-order valence-corrected chi connectivity index (χ2v) is 3.91. The van der Waals surface area contributed by atoms with Crippen LogP contribution in [0.15, 0.2) is 4.52 Å². The van der Waals surface area contributed by atoms with Gasteiger partial charge in [-0.05, 0) is 32.5 Å². The number of aromatic nitrogens is 2. The molecule has 0 spiro atoms. The summed E-state index contributed by atoms with van der Waals surface area (Å²) in [5.74, 6) is 1.48. The molecule has 1 aromatic rings. The fraction of sp³-hybridized carbons (Fsp3) is 0.800. The lowest BCUT2D eigenvalue weighted by Gasteiger charge is -2.29. The molecule has 1 saturated heterocycles. The van der Waals surface area contributed by atoms with Gasteiger partial charge < -0.3 is 14.5 Å². The number of rotatable bonds is 3. The molecule has 84 valence electrons. The third-order valence-electron chi connectivity index (χ3n) is 3.02. The SMILES string of the molecule is CCN1CCC(c2noc(CO)n2)CC1. The Balaban J connectivity index is 1.95. The molecule has 1 aliphatic heterocycles. The predicted molar refractivity (Wildman–Crippen MR) is 54.3 cm³/mol. The summed E-state index contributed by atoms with van der Waals surface area (Å²) in [6, 6.07) is 0. The molecule has 5 heteroatoms. The van der Waals surface area contributed by atoms with E-state index >= 15 is 0 Å². The first-order valence-corrected chi connectivity index (χ1v) is 5.49. The molecule has 2 rings (SSSR count). The van der Waals surface area contributed by atoms with Gasteiger partial charge in [-0.3, -0.25) is 0 Å². The maximum Gasteiger partial charge on any atom is 0.252 e. The average molecular weight is 211 g/mol. The van der Waals surface area contributed by atoms with E-state index in [0.717, 1.165) is 38.3 Å². The number of piperidine rings is 1. The van der Waals surface area contributed by atoms with Crippen molar-refractivity contribution in [1.29, 1.82) is 0 Å². The van der Waals surface area contributed by atoms with E-state index in [1.165, 1.54) is 0 Å². The first kappa shape index (κ1) is 10.6. The molecule has 0 amide bonds. The fourth-order valence-electron chi connectivity index (χ4n) is 2.01. The molecule has 0 saturated carbocycles. The maximum atomic E-state index is 8.82. The lowest BCUT2D eigenvalue weighted by Crippen LogP contribution is -2.32. The number of aliphatic hydroxyl groups excluding tert-OH is 1. The van der Waals surface area contributed by atoms with Gasteiger partial charge in [0.2, 0.25) is 0 Å². The van der Waals surface area contributed by atoms with Crippen LogP contribution in [0.3, 0.4) is 0 Å². The van der Waals surface area contributed by atoms with Crippen LogP contribution >= 0.6 is 0 Å². The first-order valence-electron chi connectivity index (χ1n) is 5.49. The lowest BCUT2D eigenvalue weighted by atomic mass is 9.96. The molecule has 15 heavy (non-hydrogen) atoms. The number of hydrogen-bond acceptors (Lipinski definition) is 5. The number of aliphatic hydroxyl groups is 1. The summed E-state index contributed by atoms with van der Waals surface area (Å²) in [6.45, 7) is 5.33. The molecule has 1 aromatic heterocycles. The summed E-state index contributed by atoms with van der Waals surface area (Å²) in [5.41, 5.74) is 0. The zero-order chi connectivity index (χ0) is 10.7. The molecule has 5 nitrogen and oxygen atoms in total. The Morgan fingerprint density at radius 2 is 2.20 bits per heavy atom. The zero-order valence-corrected chi connectivity index (χ0v) is 9.02. The van der Waals surface area contributed by atoms with Gasteiger partial charge in [-0.15, -0.1) is 0 Å². The molecular formula is C10H17N3O2. The van der Waals surface area contributed by atoms with Gasteiger partial charge in [-0.2, -0.15) is 4.98 Å². The molecule has 0 bridgehead atoms. The largest absolute Gasteiger partial charge is 0.387 e. The van der Waals surface area contributed by atoms with E-state index in [9.17, 15) is 0 Å².